The highest BCUT2D eigenvalue weighted by atomic mass is 16.6. The Balaban J connectivity index is 1.30. The van der Waals surface area contributed by atoms with Crippen molar-refractivity contribution in [3.63, 3.8) is 0 Å². The minimum absolute atomic E-state index is 0.156. The van der Waals surface area contributed by atoms with Crippen LogP contribution in [0, 0.1) is 0 Å². The number of amides is 4. The maximum atomic E-state index is 12.7. The van der Waals surface area contributed by atoms with Gasteiger partial charge >= 0.3 is 12.1 Å². The van der Waals surface area contributed by atoms with Gasteiger partial charge in [0, 0.05) is 44.7 Å². The molecule has 3 aliphatic rings. The van der Waals surface area contributed by atoms with Crippen molar-refractivity contribution < 1.29 is 23.6 Å². The first-order valence-electron chi connectivity index (χ1n) is 11.4. The number of aromatic nitrogens is 1. The molecule has 3 aliphatic heterocycles. The zero-order valence-electron chi connectivity index (χ0n) is 19.2. The number of likely N-dealkylation sites (tertiary alicyclic amines) is 1. The second-order valence-electron chi connectivity index (χ2n) is 10.1. The van der Waals surface area contributed by atoms with Crippen molar-refractivity contribution in [3.8, 4) is 0 Å². The van der Waals surface area contributed by atoms with Crippen LogP contribution in [0.15, 0.2) is 22.7 Å². The molecule has 1 aromatic heterocycles. The molecule has 1 N–H and O–H groups in total. The van der Waals surface area contributed by atoms with Gasteiger partial charge in [-0.1, -0.05) is 11.2 Å². The Kier molecular flexibility index (Phi) is 5.27. The van der Waals surface area contributed by atoms with Gasteiger partial charge in [0.05, 0.1) is 5.39 Å². The summed E-state index contributed by atoms with van der Waals surface area (Å²) in [6.45, 7) is 8.26. The number of ether oxygens (including phenoxy) is 1. The fourth-order valence-electron chi connectivity index (χ4n) is 5.02. The summed E-state index contributed by atoms with van der Waals surface area (Å²) in [6.07, 6.45) is 1.98. The lowest BCUT2D eigenvalue weighted by Crippen LogP contribution is -2.56. The molecule has 2 atom stereocenters. The zero-order valence-corrected chi connectivity index (χ0v) is 19.2. The summed E-state index contributed by atoms with van der Waals surface area (Å²) in [5.74, 6) is 0.136. The van der Waals surface area contributed by atoms with E-state index in [2.05, 4.69) is 15.4 Å². The molecular formula is C23H29N5O5. The lowest BCUT2D eigenvalue weighted by Gasteiger charge is -2.41. The Labute approximate surface area is 191 Å². The maximum Gasteiger partial charge on any atom is 0.410 e. The van der Waals surface area contributed by atoms with Crippen molar-refractivity contribution in [2.45, 2.75) is 64.3 Å². The van der Waals surface area contributed by atoms with E-state index in [0.717, 1.165) is 43.4 Å². The normalized spacial score (nSPS) is 23.8. The molecule has 0 spiro atoms. The van der Waals surface area contributed by atoms with Crippen LogP contribution in [0.4, 0.5) is 15.4 Å². The molecule has 0 radical (unpaired) electrons. The van der Waals surface area contributed by atoms with Gasteiger partial charge in [0.15, 0.2) is 11.4 Å². The van der Waals surface area contributed by atoms with Crippen molar-refractivity contribution in [1.82, 2.24) is 20.3 Å². The van der Waals surface area contributed by atoms with Crippen LogP contribution in [-0.2, 0) is 16.1 Å². The summed E-state index contributed by atoms with van der Waals surface area (Å²) in [7, 11) is 0. The summed E-state index contributed by atoms with van der Waals surface area (Å²) in [5, 5.41) is 7.15. The van der Waals surface area contributed by atoms with Crippen LogP contribution in [0.3, 0.4) is 0 Å². The molecule has 5 rings (SSSR count). The molecule has 0 saturated carbocycles. The topological polar surface area (TPSA) is 108 Å². The molecule has 4 amide bonds. The maximum absolute atomic E-state index is 12.7. The van der Waals surface area contributed by atoms with E-state index in [-0.39, 0.29) is 37.0 Å². The van der Waals surface area contributed by atoms with Gasteiger partial charge in [-0.25, -0.2) is 9.59 Å². The number of anilines is 1. The molecule has 2 bridgehead atoms. The van der Waals surface area contributed by atoms with E-state index in [0.29, 0.717) is 11.4 Å². The minimum atomic E-state index is -0.502. The van der Waals surface area contributed by atoms with E-state index in [1.165, 1.54) is 4.90 Å². The van der Waals surface area contributed by atoms with Gasteiger partial charge in [0.1, 0.15) is 5.60 Å². The summed E-state index contributed by atoms with van der Waals surface area (Å²) < 4.78 is 11.0. The number of benzene rings is 1. The number of carbonyl (C=O) groups is 3. The van der Waals surface area contributed by atoms with Crippen LogP contribution < -0.4 is 10.2 Å². The second kappa shape index (κ2) is 8.02. The lowest BCUT2D eigenvalue weighted by atomic mass is 10.1. The van der Waals surface area contributed by atoms with Crippen LogP contribution >= 0.6 is 0 Å². The molecule has 3 fully saturated rings. The molecule has 10 nitrogen and oxygen atoms in total. The number of fused-ring (bicyclic) bond motifs is 3. The number of carbonyl (C=O) groups excluding carboxylic acids is 3. The van der Waals surface area contributed by atoms with Gasteiger partial charge in [-0.05, 0) is 51.3 Å². The average molecular weight is 456 g/mol. The second-order valence-corrected chi connectivity index (χ2v) is 10.1. The third-order valence-electron chi connectivity index (χ3n) is 6.39. The largest absolute Gasteiger partial charge is 0.444 e. The molecule has 2 unspecified atom stereocenters. The lowest BCUT2D eigenvalue weighted by molar-refractivity contribution is -0.120. The first-order valence-corrected chi connectivity index (χ1v) is 11.4. The average Bonchev–Trinajstić information content (AvgIpc) is 3.25. The molecule has 3 saturated heterocycles. The number of hydrogen-bond donors (Lipinski definition) is 1. The number of imide groups is 1. The predicted octanol–water partition coefficient (Wildman–Crippen LogP) is 2.86. The minimum Gasteiger partial charge on any atom is -0.444 e. The van der Waals surface area contributed by atoms with Crippen molar-refractivity contribution in [2.24, 2.45) is 0 Å². The van der Waals surface area contributed by atoms with E-state index in [9.17, 15) is 14.4 Å². The third kappa shape index (κ3) is 4.27. The van der Waals surface area contributed by atoms with Crippen LogP contribution in [0.5, 0.6) is 0 Å². The van der Waals surface area contributed by atoms with Gasteiger partial charge in [-0.3, -0.25) is 24.8 Å². The van der Waals surface area contributed by atoms with Gasteiger partial charge < -0.3 is 9.26 Å². The molecule has 4 heterocycles. The Bertz CT molecular complexity index is 1090. The van der Waals surface area contributed by atoms with Crippen molar-refractivity contribution in [3.05, 3.63) is 23.8 Å². The number of urea groups is 1. The van der Waals surface area contributed by atoms with Gasteiger partial charge in [0.2, 0.25) is 5.91 Å². The Morgan fingerprint density at radius 2 is 1.94 bits per heavy atom. The smallest absolute Gasteiger partial charge is 0.410 e. The predicted molar refractivity (Wildman–Crippen MR) is 120 cm³/mol. The Morgan fingerprint density at radius 3 is 2.61 bits per heavy atom. The highest BCUT2D eigenvalue weighted by Crippen LogP contribution is 2.33. The van der Waals surface area contributed by atoms with E-state index in [1.54, 1.807) is 0 Å². The summed E-state index contributed by atoms with van der Waals surface area (Å²) >= 11 is 0. The summed E-state index contributed by atoms with van der Waals surface area (Å²) in [5.41, 5.74) is 1.16. The van der Waals surface area contributed by atoms with Crippen LogP contribution in [0.2, 0.25) is 0 Å². The highest BCUT2D eigenvalue weighted by molar-refractivity contribution is 6.08. The van der Waals surface area contributed by atoms with E-state index < -0.39 is 11.6 Å². The third-order valence-corrected chi connectivity index (χ3v) is 6.39. The van der Waals surface area contributed by atoms with Crippen LogP contribution in [0.1, 0.15) is 45.6 Å². The number of nitrogens with zero attached hydrogens (tertiary/aromatic N) is 4. The van der Waals surface area contributed by atoms with Crippen molar-refractivity contribution in [1.29, 1.82) is 0 Å². The first-order chi connectivity index (χ1) is 15.7. The monoisotopic (exact) mass is 455 g/mol. The van der Waals surface area contributed by atoms with Crippen molar-refractivity contribution in [2.75, 3.05) is 24.5 Å². The number of rotatable bonds is 3. The van der Waals surface area contributed by atoms with Gasteiger partial charge in [-0.15, -0.1) is 0 Å². The molecule has 2 aromatic rings. The Morgan fingerprint density at radius 1 is 1.21 bits per heavy atom. The fourth-order valence-corrected chi connectivity index (χ4v) is 5.02. The molecule has 10 heteroatoms. The summed E-state index contributed by atoms with van der Waals surface area (Å²) in [4.78, 5) is 42.2. The quantitative estimate of drug-likeness (QED) is 0.758. The number of hydrogen-bond acceptors (Lipinski definition) is 7. The first kappa shape index (κ1) is 21.7. The van der Waals surface area contributed by atoms with E-state index in [1.807, 2.05) is 43.9 Å². The zero-order chi connectivity index (χ0) is 23.3. The SMILES string of the molecule is CC(C)(C)OC(=O)N1C2CCC1CN(Cc1ccc3onc(N4CCC(=O)NC4=O)c3c1)C2. The summed E-state index contributed by atoms with van der Waals surface area (Å²) in [6, 6.07) is 5.68. The molecule has 1 aromatic carbocycles. The molecule has 0 aliphatic carbocycles. The van der Waals surface area contributed by atoms with E-state index >= 15 is 0 Å². The van der Waals surface area contributed by atoms with Crippen LogP contribution in [-0.4, -0.2) is 70.3 Å². The van der Waals surface area contributed by atoms with Crippen LogP contribution in [0.25, 0.3) is 11.0 Å². The Hall–Kier alpha value is -3.14. The van der Waals surface area contributed by atoms with Gasteiger partial charge in [-0.2, -0.15) is 0 Å². The van der Waals surface area contributed by atoms with Crippen molar-refractivity contribution >= 4 is 34.8 Å². The number of nitrogens with one attached hydrogen (secondary N) is 1. The fraction of sp³-hybridized carbons (Fsp3) is 0.565. The van der Waals surface area contributed by atoms with E-state index in [4.69, 9.17) is 9.26 Å². The van der Waals surface area contributed by atoms with Gasteiger partial charge in [0.25, 0.3) is 0 Å². The molecule has 33 heavy (non-hydrogen) atoms. The standard InChI is InChI=1S/C23H29N5O5/c1-23(2,3)32-22(31)28-15-5-6-16(28)13-26(12-15)11-14-4-7-18-17(10-14)20(25-33-18)27-9-8-19(29)24-21(27)30/h4,7,10,15-16H,5-6,8-9,11-13H2,1-3H3,(H,24,29,30). The molecular weight excluding hydrogens is 426 g/mol. The molecule has 176 valence electrons. The highest BCUT2D eigenvalue weighted by Gasteiger charge is 2.44. The number of piperazine rings is 1.